The maximum Gasteiger partial charge on any atom is 0.275 e. The largest absolute Gasteiger partial charge is 0.329 e. The average molecular weight is 455 g/mol. The zero-order valence-electron chi connectivity index (χ0n) is 19.9. The van der Waals surface area contributed by atoms with Crippen LogP contribution in [0.4, 0.5) is 0 Å². The summed E-state index contributed by atoms with van der Waals surface area (Å²) in [6.45, 7) is 7.44. The number of carbonyl (C=O) groups excluding carboxylic acids is 1. The Morgan fingerprint density at radius 1 is 0.912 bits per heavy atom. The summed E-state index contributed by atoms with van der Waals surface area (Å²) in [6, 6.07) is 19.4. The molecular formula is C28H30N4O2. The molecule has 34 heavy (non-hydrogen) atoms. The van der Waals surface area contributed by atoms with Crippen molar-refractivity contribution in [2.75, 3.05) is 0 Å². The van der Waals surface area contributed by atoms with Gasteiger partial charge >= 0.3 is 0 Å². The van der Waals surface area contributed by atoms with Gasteiger partial charge in [-0.05, 0) is 41.2 Å². The first-order valence-corrected chi connectivity index (χ1v) is 11.7. The van der Waals surface area contributed by atoms with Crippen molar-refractivity contribution in [1.29, 1.82) is 0 Å². The number of aryl methyl sites for hydroxylation is 1. The molecule has 6 heteroatoms. The van der Waals surface area contributed by atoms with Crippen LogP contribution in [0.2, 0.25) is 0 Å². The molecule has 0 atom stereocenters. The van der Waals surface area contributed by atoms with Crippen LogP contribution in [-0.2, 0) is 26.1 Å². The van der Waals surface area contributed by atoms with Gasteiger partial charge in [0.2, 0.25) is 0 Å². The zero-order valence-corrected chi connectivity index (χ0v) is 19.9. The van der Waals surface area contributed by atoms with Gasteiger partial charge in [0.25, 0.3) is 11.5 Å². The smallest absolute Gasteiger partial charge is 0.275 e. The normalized spacial score (nSPS) is 11.2. The van der Waals surface area contributed by atoms with Gasteiger partial charge < -0.3 is 4.90 Å². The summed E-state index contributed by atoms with van der Waals surface area (Å²) < 4.78 is 1.43. The van der Waals surface area contributed by atoms with Crippen LogP contribution in [0.25, 0.3) is 10.8 Å². The minimum atomic E-state index is -0.211. The molecule has 0 saturated carbocycles. The molecule has 0 spiro atoms. The van der Waals surface area contributed by atoms with E-state index in [1.165, 1.54) is 10.2 Å². The highest BCUT2D eigenvalue weighted by atomic mass is 16.2. The number of benzene rings is 2. The van der Waals surface area contributed by atoms with Gasteiger partial charge in [0.05, 0.1) is 5.39 Å². The van der Waals surface area contributed by atoms with Crippen LogP contribution in [0.15, 0.2) is 77.9 Å². The van der Waals surface area contributed by atoms with E-state index in [-0.39, 0.29) is 17.4 Å². The van der Waals surface area contributed by atoms with Gasteiger partial charge in [-0.15, -0.1) is 0 Å². The molecule has 0 bridgehead atoms. The van der Waals surface area contributed by atoms with Crippen LogP contribution in [0.1, 0.15) is 48.0 Å². The average Bonchev–Trinajstić information content (AvgIpc) is 2.86. The van der Waals surface area contributed by atoms with Crippen molar-refractivity contribution in [2.24, 2.45) is 5.92 Å². The Hall–Kier alpha value is -3.80. The molecular weight excluding hydrogens is 424 g/mol. The standard InChI is InChI=1S/C28H30N4O2/c1-4-21-11-13-22(14-12-21)18-31(19-23-8-7-15-29-16-23)28(34)26-24-9-5-6-10-25(24)27(33)32(30-26)17-20(2)3/h5-16,20H,4,17-19H2,1-3H3. The predicted molar refractivity (Wildman–Crippen MR) is 134 cm³/mol. The lowest BCUT2D eigenvalue weighted by atomic mass is 10.1. The molecule has 0 aliphatic carbocycles. The first-order chi connectivity index (χ1) is 16.5. The summed E-state index contributed by atoms with van der Waals surface area (Å²) in [5, 5.41) is 5.66. The predicted octanol–water partition coefficient (Wildman–Crippen LogP) is 4.85. The molecule has 0 N–H and O–H groups in total. The summed E-state index contributed by atoms with van der Waals surface area (Å²) in [5.74, 6) is 0.00928. The maximum absolute atomic E-state index is 14.0. The first kappa shape index (κ1) is 23.4. The van der Waals surface area contributed by atoms with E-state index >= 15 is 0 Å². The second-order valence-electron chi connectivity index (χ2n) is 8.97. The van der Waals surface area contributed by atoms with Crippen LogP contribution in [0, 0.1) is 5.92 Å². The van der Waals surface area contributed by atoms with Crippen LogP contribution in [0.5, 0.6) is 0 Å². The molecule has 4 aromatic rings. The van der Waals surface area contributed by atoms with Gasteiger partial charge in [-0.25, -0.2) is 4.68 Å². The quantitative estimate of drug-likeness (QED) is 0.382. The van der Waals surface area contributed by atoms with Crippen molar-refractivity contribution in [3.05, 3.63) is 106 Å². The Morgan fingerprint density at radius 2 is 1.59 bits per heavy atom. The number of rotatable bonds is 8. The number of hydrogen-bond donors (Lipinski definition) is 0. The van der Waals surface area contributed by atoms with Gasteiger partial charge in [0, 0.05) is 37.4 Å². The van der Waals surface area contributed by atoms with E-state index in [0.29, 0.717) is 36.1 Å². The van der Waals surface area contributed by atoms with Crippen molar-refractivity contribution < 1.29 is 4.79 Å². The molecule has 2 heterocycles. The molecule has 1 amide bonds. The first-order valence-electron chi connectivity index (χ1n) is 11.7. The number of carbonyl (C=O) groups is 1. The zero-order chi connectivity index (χ0) is 24.1. The van der Waals surface area contributed by atoms with Crippen LogP contribution < -0.4 is 5.56 Å². The molecule has 0 saturated heterocycles. The molecule has 4 rings (SSSR count). The topological polar surface area (TPSA) is 68.1 Å². The SMILES string of the molecule is CCc1ccc(CN(Cc2cccnc2)C(=O)c2nn(CC(C)C)c(=O)c3ccccc23)cc1. The minimum Gasteiger partial charge on any atom is -0.329 e. The molecule has 0 aliphatic rings. The summed E-state index contributed by atoms with van der Waals surface area (Å²) in [6.07, 6.45) is 4.45. The number of nitrogens with zero attached hydrogens (tertiary/aromatic N) is 4. The highest BCUT2D eigenvalue weighted by Gasteiger charge is 2.23. The van der Waals surface area contributed by atoms with Crippen molar-refractivity contribution in [1.82, 2.24) is 19.7 Å². The molecule has 0 aliphatic heterocycles. The minimum absolute atomic E-state index is 0.171. The maximum atomic E-state index is 14.0. The molecule has 2 aromatic heterocycles. The van der Waals surface area contributed by atoms with Crippen molar-refractivity contribution in [3.8, 4) is 0 Å². The third-order valence-electron chi connectivity index (χ3n) is 5.80. The molecule has 174 valence electrons. The Balaban J connectivity index is 1.78. The second kappa shape index (κ2) is 10.4. The summed E-state index contributed by atoms with van der Waals surface area (Å²) >= 11 is 0. The monoisotopic (exact) mass is 454 g/mol. The van der Waals surface area contributed by atoms with Gasteiger partial charge in [0.15, 0.2) is 5.69 Å². The Kier molecular flexibility index (Phi) is 7.16. The summed E-state index contributed by atoms with van der Waals surface area (Å²) in [4.78, 5) is 33.0. The van der Waals surface area contributed by atoms with Gasteiger partial charge in [-0.2, -0.15) is 5.10 Å². The summed E-state index contributed by atoms with van der Waals surface area (Å²) in [7, 11) is 0. The van der Waals surface area contributed by atoms with Crippen LogP contribution >= 0.6 is 0 Å². The molecule has 0 fully saturated rings. The van der Waals surface area contributed by atoms with Gasteiger partial charge in [0.1, 0.15) is 0 Å². The van der Waals surface area contributed by atoms with Crippen molar-refractivity contribution >= 4 is 16.7 Å². The number of fused-ring (bicyclic) bond motifs is 1. The number of amides is 1. The molecule has 0 radical (unpaired) electrons. The Labute approximate surface area is 199 Å². The Bertz CT molecular complexity index is 1330. The van der Waals surface area contributed by atoms with E-state index < -0.39 is 0 Å². The molecule has 0 unspecified atom stereocenters. The van der Waals surface area contributed by atoms with E-state index in [1.807, 2.05) is 38.1 Å². The summed E-state index contributed by atoms with van der Waals surface area (Å²) in [5.41, 5.74) is 3.34. The fourth-order valence-electron chi connectivity index (χ4n) is 4.02. The fourth-order valence-corrected chi connectivity index (χ4v) is 4.02. The van der Waals surface area contributed by atoms with Gasteiger partial charge in [-0.3, -0.25) is 14.6 Å². The lowest BCUT2D eigenvalue weighted by molar-refractivity contribution is 0.0723. The number of hydrogen-bond acceptors (Lipinski definition) is 4. The van der Waals surface area contributed by atoms with Crippen LogP contribution in [-0.4, -0.2) is 25.6 Å². The van der Waals surface area contributed by atoms with E-state index in [9.17, 15) is 9.59 Å². The lowest BCUT2D eigenvalue weighted by Gasteiger charge is -2.24. The van der Waals surface area contributed by atoms with Crippen LogP contribution in [0.3, 0.4) is 0 Å². The highest BCUT2D eigenvalue weighted by Crippen LogP contribution is 2.19. The lowest BCUT2D eigenvalue weighted by Crippen LogP contribution is -2.34. The van der Waals surface area contributed by atoms with E-state index in [2.05, 4.69) is 41.3 Å². The number of aromatic nitrogens is 3. The number of pyridine rings is 1. The van der Waals surface area contributed by atoms with Gasteiger partial charge in [-0.1, -0.05) is 69.3 Å². The molecule has 6 nitrogen and oxygen atoms in total. The fraction of sp³-hybridized carbons (Fsp3) is 0.286. The van der Waals surface area contributed by atoms with E-state index in [4.69, 9.17) is 0 Å². The Morgan fingerprint density at radius 3 is 2.24 bits per heavy atom. The highest BCUT2D eigenvalue weighted by molar-refractivity contribution is 6.04. The van der Waals surface area contributed by atoms with Crippen molar-refractivity contribution in [2.45, 2.75) is 46.8 Å². The third kappa shape index (κ3) is 5.22. The van der Waals surface area contributed by atoms with E-state index in [0.717, 1.165) is 17.5 Å². The van der Waals surface area contributed by atoms with Crippen molar-refractivity contribution in [3.63, 3.8) is 0 Å². The van der Waals surface area contributed by atoms with E-state index in [1.54, 1.807) is 29.4 Å². The second-order valence-corrected chi connectivity index (χ2v) is 8.97. The molecule has 2 aromatic carbocycles. The third-order valence-corrected chi connectivity index (χ3v) is 5.80.